The van der Waals surface area contributed by atoms with Crippen LogP contribution in [0, 0.1) is 0 Å². The van der Waals surface area contributed by atoms with Crippen LogP contribution in [0.1, 0.15) is 23.6 Å². The van der Waals surface area contributed by atoms with Gasteiger partial charge in [-0.2, -0.15) is 0 Å². The van der Waals surface area contributed by atoms with E-state index in [1.807, 2.05) is 91.0 Å². The minimum atomic E-state index is -0.908. The molecule has 0 aromatic heterocycles. The fraction of sp³-hybridized carbons (Fsp3) is 0.296. The van der Waals surface area contributed by atoms with E-state index in [4.69, 9.17) is 14.2 Å². The summed E-state index contributed by atoms with van der Waals surface area (Å²) in [5.41, 5.74) is 2.87. The van der Waals surface area contributed by atoms with Crippen molar-refractivity contribution in [3.8, 4) is 0 Å². The maximum Gasteiger partial charge on any atom is 0.151 e. The van der Waals surface area contributed by atoms with Gasteiger partial charge in [0.15, 0.2) is 6.29 Å². The summed E-state index contributed by atoms with van der Waals surface area (Å²) in [5, 5.41) is 10.5. The lowest BCUT2D eigenvalue weighted by atomic mass is 10.0. The molecule has 168 valence electrons. The number of hydrogen-bond donors (Lipinski definition) is 1. The minimum Gasteiger partial charge on any atom is -0.391 e. The van der Waals surface area contributed by atoms with Crippen LogP contribution in [-0.4, -0.2) is 35.8 Å². The lowest BCUT2D eigenvalue weighted by Crippen LogP contribution is -2.48. The van der Waals surface area contributed by atoms with Crippen molar-refractivity contribution in [2.24, 2.45) is 0 Å². The zero-order chi connectivity index (χ0) is 22.6. The van der Waals surface area contributed by atoms with Gasteiger partial charge in [-0.1, -0.05) is 91.0 Å². The molecule has 0 aliphatic carbocycles. The maximum absolute atomic E-state index is 12.0. The number of aliphatic hydroxyl groups is 1. The second kappa shape index (κ2) is 12.9. The molecule has 0 radical (unpaired) electrons. The number of ether oxygens (including phenoxy) is 3. The smallest absolute Gasteiger partial charge is 0.151 e. The zero-order valence-electron chi connectivity index (χ0n) is 18.2. The van der Waals surface area contributed by atoms with Crippen LogP contribution in [-0.2, 0) is 38.8 Å². The van der Waals surface area contributed by atoms with Crippen LogP contribution in [0.15, 0.2) is 91.0 Å². The Kier molecular flexibility index (Phi) is 9.60. The molecule has 0 aliphatic rings. The molecule has 0 unspecified atom stereocenters. The number of rotatable bonds is 13. The third-order valence-electron chi connectivity index (χ3n) is 5.11. The molecule has 0 fully saturated rings. The van der Waals surface area contributed by atoms with Gasteiger partial charge in [0.05, 0.1) is 25.9 Å². The standard InChI is InChI=1S/C27H30O5/c1-21(29)26(31-19-23-13-7-3-8-14-23)27(32-20-24-15-9-4-10-16-24)25(17-28)30-18-22-11-5-2-6-12-22/h2-17,21,25-27,29H,18-20H2,1H3/t21-,25+,26+,27+/m1/s1. The van der Waals surface area contributed by atoms with E-state index in [0.29, 0.717) is 0 Å². The molecule has 0 saturated carbocycles. The molecule has 5 nitrogen and oxygen atoms in total. The van der Waals surface area contributed by atoms with Gasteiger partial charge in [-0.25, -0.2) is 0 Å². The molecule has 3 rings (SSSR count). The molecule has 1 N–H and O–H groups in total. The van der Waals surface area contributed by atoms with Gasteiger partial charge in [-0.3, -0.25) is 0 Å². The van der Waals surface area contributed by atoms with Gasteiger partial charge >= 0.3 is 0 Å². The van der Waals surface area contributed by atoms with Crippen molar-refractivity contribution in [2.45, 2.75) is 51.2 Å². The van der Waals surface area contributed by atoms with E-state index in [2.05, 4.69) is 0 Å². The number of carbonyl (C=O) groups excluding carboxylic acids is 1. The first-order chi connectivity index (χ1) is 15.7. The van der Waals surface area contributed by atoms with Gasteiger partial charge in [0.25, 0.3) is 0 Å². The summed E-state index contributed by atoms with van der Waals surface area (Å²) in [4.78, 5) is 12.0. The van der Waals surface area contributed by atoms with Crippen LogP contribution >= 0.6 is 0 Å². The molecule has 0 amide bonds. The molecule has 5 heteroatoms. The lowest BCUT2D eigenvalue weighted by Gasteiger charge is -2.33. The van der Waals surface area contributed by atoms with Crippen molar-refractivity contribution >= 4 is 6.29 Å². The Bertz CT molecular complexity index is 899. The minimum absolute atomic E-state index is 0.251. The van der Waals surface area contributed by atoms with E-state index in [-0.39, 0.29) is 19.8 Å². The van der Waals surface area contributed by atoms with Crippen LogP contribution in [0.5, 0.6) is 0 Å². The quantitative estimate of drug-likeness (QED) is 0.406. The first-order valence-electron chi connectivity index (χ1n) is 10.8. The van der Waals surface area contributed by atoms with E-state index in [1.165, 1.54) is 0 Å². The summed E-state index contributed by atoms with van der Waals surface area (Å²) >= 11 is 0. The Morgan fingerprint density at radius 3 is 1.41 bits per heavy atom. The zero-order valence-corrected chi connectivity index (χ0v) is 18.2. The third-order valence-corrected chi connectivity index (χ3v) is 5.11. The molecule has 3 aromatic rings. The number of aldehydes is 1. The second-order valence-corrected chi connectivity index (χ2v) is 7.66. The largest absolute Gasteiger partial charge is 0.391 e. The molecular formula is C27H30O5. The van der Waals surface area contributed by atoms with Crippen LogP contribution in [0.25, 0.3) is 0 Å². The molecule has 32 heavy (non-hydrogen) atoms. The van der Waals surface area contributed by atoms with Gasteiger partial charge in [0, 0.05) is 0 Å². The normalized spacial score (nSPS) is 14.9. The monoisotopic (exact) mass is 434 g/mol. The molecule has 4 atom stereocenters. The SMILES string of the molecule is C[C@@H](O)[C@H](OCc1ccccc1)[C@@H](OCc1ccccc1)[C@H](C=O)OCc1ccccc1. The Balaban J connectivity index is 1.76. The van der Waals surface area contributed by atoms with Crippen LogP contribution in [0.3, 0.4) is 0 Å². The van der Waals surface area contributed by atoms with E-state index in [1.54, 1.807) is 6.92 Å². The summed E-state index contributed by atoms with van der Waals surface area (Å²) in [6, 6.07) is 29.0. The van der Waals surface area contributed by atoms with Crippen molar-refractivity contribution in [1.29, 1.82) is 0 Å². The molecule has 0 saturated heterocycles. The van der Waals surface area contributed by atoms with Crippen LogP contribution < -0.4 is 0 Å². The first-order valence-corrected chi connectivity index (χ1v) is 10.8. The Morgan fingerprint density at radius 1 is 0.656 bits per heavy atom. The van der Waals surface area contributed by atoms with E-state index in [9.17, 15) is 9.90 Å². The van der Waals surface area contributed by atoms with Crippen molar-refractivity contribution in [1.82, 2.24) is 0 Å². The maximum atomic E-state index is 12.0. The molecular weight excluding hydrogens is 404 g/mol. The van der Waals surface area contributed by atoms with Gasteiger partial charge < -0.3 is 24.1 Å². The van der Waals surface area contributed by atoms with E-state index < -0.39 is 24.4 Å². The number of carbonyl (C=O) groups is 1. The van der Waals surface area contributed by atoms with Crippen molar-refractivity contribution in [3.63, 3.8) is 0 Å². The molecule has 3 aromatic carbocycles. The average Bonchev–Trinajstić information content (AvgIpc) is 2.84. The Labute approximate surface area is 189 Å². The lowest BCUT2D eigenvalue weighted by molar-refractivity contribution is -0.176. The molecule has 0 bridgehead atoms. The predicted molar refractivity (Wildman–Crippen MR) is 123 cm³/mol. The van der Waals surface area contributed by atoms with E-state index >= 15 is 0 Å². The molecule has 0 spiro atoms. The van der Waals surface area contributed by atoms with Crippen molar-refractivity contribution < 1.29 is 24.1 Å². The second-order valence-electron chi connectivity index (χ2n) is 7.66. The topological polar surface area (TPSA) is 65.0 Å². The van der Waals surface area contributed by atoms with Gasteiger partial charge in [0.1, 0.15) is 18.3 Å². The summed E-state index contributed by atoms with van der Waals surface area (Å²) in [5.74, 6) is 0. The van der Waals surface area contributed by atoms with Crippen molar-refractivity contribution in [3.05, 3.63) is 108 Å². The summed E-state index contributed by atoms with van der Waals surface area (Å²) in [6.45, 7) is 2.43. The third kappa shape index (κ3) is 7.39. The summed E-state index contributed by atoms with van der Waals surface area (Å²) < 4.78 is 18.1. The number of benzene rings is 3. The average molecular weight is 435 g/mol. The fourth-order valence-corrected chi connectivity index (χ4v) is 3.40. The highest BCUT2D eigenvalue weighted by Crippen LogP contribution is 2.20. The Hall–Kier alpha value is -2.83. The Morgan fingerprint density at radius 2 is 1.03 bits per heavy atom. The summed E-state index contributed by atoms with van der Waals surface area (Å²) in [7, 11) is 0. The predicted octanol–water partition coefficient (Wildman–Crippen LogP) is 4.32. The highest BCUT2D eigenvalue weighted by Gasteiger charge is 2.35. The molecule has 0 heterocycles. The molecule has 0 aliphatic heterocycles. The van der Waals surface area contributed by atoms with Crippen molar-refractivity contribution in [2.75, 3.05) is 0 Å². The fourth-order valence-electron chi connectivity index (χ4n) is 3.40. The van der Waals surface area contributed by atoms with Crippen LogP contribution in [0.2, 0.25) is 0 Å². The number of aliphatic hydroxyl groups excluding tert-OH is 1. The van der Waals surface area contributed by atoms with Gasteiger partial charge in [-0.15, -0.1) is 0 Å². The van der Waals surface area contributed by atoms with E-state index in [0.717, 1.165) is 23.0 Å². The number of hydrogen-bond acceptors (Lipinski definition) is 5. The highest BCUT2D eigenvalue weighted by molar-refractivity contribution is 5.57. The summed E-state index contributed by atoms with van der Waals surface area (Å²) in [6.07, 6.45) is -2.61. The highest BCUT2D eigenvalue weighted by atomic mass is 16.6. The first kappa shape index (κ1) is 23.8. The van der Waals surface area contributed by atoms with Gasteiger partial charge in [-0.05, 0) is 23.6 Å². The van der Waals surface area contributed by atoms with Gasteiger partial charge in [0.2, 0.25) is 0 Å². The van der Waals surface area contributed by atoms with Crippen LogP contribution in [0.4, 0.5) is 0 Å².